The fourth-order valence-electron chi connectivity index (χ4n) is 2.19. The molecule has 0 fully saturated rings. The highest BCUT2D eigenvalue weighted by Crippen LogP contribution is 2.25. The van der Waals surface area contributed by atoms with Crippen molar-refractivity contribution >= 4 is 23.2 Å². The first-order valence-electron chi connectivity index (χ1n) is 6.56. The molecular weight excluding hydrogens is 295 g/mol. The van der Waals surface area contributed by atoms with Crippen LogP contribution in [0.25, 0.3) is 0 Å². The first-order valence-corrected chi connectivity index (χ1v) is 7.32. The summed E-state index contributed by atoms with van der Waals surface area (Å²) in [5.41, 5.74) is 3.81. The summed E-state index contributed by atoms with van der Waals surface area (Å²) in [6, 6.07) is 5.40. The number of hydrogen-bond acceptors (Lipinski definition) is 3. The third-order valence-electron chi connectivity index (χ3n) is 3.16. The molecule has 1 unspecified atom stereocenters. The van der Waals surface area contributed by atoms with Gasteiger partial charge in [-0.2, -0.15) is 0 Å². The van der Waals surface area contributed by atoms with Crippen molar-refractivity contribution < 1.29 is 0 Å². The van der Waals surface area contributed by atoms with Crippen LogP contribution >= 0.6 is 23.2 Å². The van der Waals surface area contributed by atoms with Crippen molar-refractivity contribution in [2.24, 2.45) is 5.84 Å². The molecule has 1 aromatic carbocycles. The molecule has 2 rings (SSSR count). The van der Waals surface area contributed by atoms with Crippen LogP contribution in [0.3, 0.4) is 0 Å². The lowest BCUT2D eigenvalue weighted by Gasteiger charge is -2.18. The van der Waals surface area contributed by atoms with Gasteiger partial charge in [-0.25, -0.2) is 10.4 Å². The Kier molecular flexibility index (Phi) is 5.43. The average molecular weight is 313 g/mol. The first kappa shape index (κ1) is 15.3. The molecule has 0 saturated carbocycles. The van der Waals surface area contributed by atoms with E-state index in [2.05, 4.69) is 21.9 Å². The zero-order valence-corrected chi connectivity index (χ0v) is 12.8. The topological polar surface area (TPSA) is 55.9 Å². The minimum absolute atomic E-state index is 0.0878. The number of hydrazine groups is 1. The number of imidazole rings is 1. The minimum atomic E-state index is -0.0878. The van der Waals surface area contributed by atoms with Gasteiger partial charge in [0.1, 0.15) is 5.82 Å². The monoisotopic (exact) mass is 312 g/mol. The second-order valence-corrected chi connectivity index (χ2v) is 5.48. The fourth-order valence-corrected chi connectivity index (χ4v) is 2.68. The molecular formula is C14H18Cl2N4. The van der Waals surface area contributed by atoms with Crippen LogP contribution in [0.4, 0.5) is 0 Å². The van der Waals surface area contributed by atoms with E-state index in [1.807, 2.05) is 18.3 Å². The summed E-state index contributed by atoms with van der Waals surface area (Å²) in [7, 11) is 0. The third kappa shape index (κ3) is 3.52. The van der Waals surface area contributed by atoms with Gasteiger partial charge in [-0.15, -0.1) is 0 Å². The summed E-state index contributed by atoms with van der Waals surface area (Å²) in [4.78, 5) is 4.40. The van der Waals surface area contributed by atoms with Gasteiger partial charge in [0.15, 0.2) is 0 Å². The number of hydrogen-bond donors (Lipinski definition) is 2. The molecule has 1 aromatic heterocycles. The molecule has 0 amide bonds. The zero-order chi connectivity index (χ0) is 14.5. The maximum Gasteiger partial charge on any atom is 0.127 e. The van der Waals surface area contributed by atoms with Crippen molar-refractivity contribution in [3.63, 3.8) is 0 Å². The van der Waals surface area contributed by atoms with Crippen LogP contribution in [0, 0.1) is 0 Å². The van der Waals surface area contributed by atoms with Gasteiger partial charge in [0.25, 0.3) is 0 Å². The van der Waals surface area contributed by atoms with E-state index in [-0.39, 0.29) is 6.04 Å². The van der Waals surface area contributed by atoms with Gasteiger partial charge in [-0.1, -0.05) is 36.2 Å². The van der Waals surface area contributed by atoms with E-state index >= 15 is 0 Å². The summed E-state index contributed by atoms with van der Waals surface area (Å²) in [6.45, 7) is 3.05. The molecule has 3 N–H and O–H groups in total. The van der Waals surface area contributed by atoms with Crippen molar-refractivity contribution in [3.05, 3.63) is 52.0 Å². The molecule has 108 valence electrons. The van der Waals surface area contributed by atoms with E-state index in [0.717, 1.165) is 24.4 Å². The summed E-state index contributed by atoms with van der Waals surface area (Å²) in [5.74, 6) is 6.60. The highest BCUT2D eigenvalue weighted by molar-refractivity contribution is 6.35. The Morgan fingerprint density at radius 1 is 1.40 bits per heavy atom. The Bertz CT molecular complexity index is 568. The van der Waals surface area contributed by atoms with E-state index < -0.39 is 0 Å². The number of nitrogens with one attached hydrogen (secondary N) is 1. The lowest BCUT2D eigenvalue weighted by Crippen LogP contribution is -2.32. The molecule has 0 spiro atoms. The normalized spacial score (nSPS) is 12.6. The van der Waals surface area contributed by atoms with E-state index in [1.165, 1.54) is 0 Å². The number of aryl methyl sites for hydroxylation is 1. The Labute approximate surface area is 128 Å². The van der Waals surface area contributed by atoms with E-state index in [1.54, 1.807) is 12.3 Å². The summed E-state index contributed by atoms with van der Waals surface area (Å²) in [5, 5.41) is 1.27. The second-order valence-electron chi connectivity index (χ2n) is 4.64. The van der Waals surface area contributed by atoms with Crippen LogP contribution in [-0.2, 0) is 13.0 Å². The maximum atomic E-state index is 6.21. The molecule has 0 saturated heterocycles. The number of benzene rings is 1. The van der Waals surface area contributed by atoms with Crippen LogP contribution in [0.5, 0.6) is 0 Å². The average Bonchev–Trinajstić information content (AvgIpc) is 2.87. The predicted molar refractivity (Wildman–Crippen MR) is 82.7 cm³/mol. The Hall–Kier alpha value is -1.07. The van der Waals surface area contributed by atoms with Crippen LogP contribution < -0.4 is 11.3 Å². The first-order chi connectivity index (χ1) is 9.65. The lowest BCUT2D eigenvalue weighted by molar-refractivity contribution is 0.488. The van der Waals surface area contributed by atoms with E-state index in [0.29, 0.717) is 16.5 Å². The molecule has 1 heterocycles. The fraction of sp³-hybridized carbons (Fsp3) is 0.357. The minimum Gasteiger partial charge on any atom is -0.334 e. The van der Waals surface area contributed by atoms with Gasteiger partial charge in [0, 0.05) is 29.0 Å². The molecule has 6 heteroatoms. The summed E-state index contributed by atoms with van der Waals surface area (Å²) in [6.07, 6.45) is 5.46. The molecule has 20 heavy (non-hydrogen) atoms. The van der Waals surface area contributed by atoms with Gasteiger partial charge in [-0.05, 0) is 30.5 Å². The Morgan fingerprint density at radius 2 is 2.20 bits per heavy atom. The second kappa shape index (κ2) is 7.09. The van der Waals surface area contributed by atoms with Crippen LogP contribution in [0.1, 0.15) is 30.8 Å². The highest BCUT2D eigenvalue weighted by Gasteiger charge is 2.17. The third-order valence-corrected chi connectivity index (χ3v) is 3.75. The highest BCUT2D eigenvalue weighted by atomic mass is 35.5. The van der Waals surface area contributed by atoms with E-state index in [9.17, 15) is 0 Å². The molecule has 1 atom stereocenters. The van der Waals surface area contributed by atoms with Gasteiger partial charge >= 0.3 is 0 Å². The van der Waals surface area contributed by atoms with Gasteiger partial charge < -0.3 is 4.57 Å². The molecule has 4 nitrogen and oxygen atoms in total. The molecule has 0 bridgehead atoms. The number of nitrogens with two attached hydrogens (primary N) is 1. The number of nitrogens with zero attached hydrogens (tertiary/aromatic N) is 2. The van der Waals surface area contributed by atoms with Crippen LogP contribution in [0.2, 0.25) is 10.0 Å². The van der Waals surface area contributed by atoms with Crippen molar-refractivity contribution in [2.75, 3.05) is 0 Å². The summed E-state index contributed by atoms with van der Waals surface area (Å²) < 4.78 is 2.11. The molecule has 0 radical (unpaired) electrons. The van der Waals surface area contributed by atoms with Crippen molar-refractivity contribution in [3.8, 4) is 0 Å². The number of rotatable bonds is 6. The van der Waals surface area contributed by atoms with Gasteiger partial charge in [0.05, 0.1) is 6.04 Å². The quantitative estimate of drug-likeness (QED) is 0.635. The SMILES string of the molecule is CCCn1ccnc1C(Cc1ccc(Cl)cc1Cl)NN. The van der Waals surface area contributed by atoms with Crippen molar-refractivity contribution in [1.29, 1.82) is 0 Å². The summed E-state index contributed by atoms with van der Waals surface area (Å²) >= 11 is 12.1. The largest absolute Gasteiger partial charge is 0.334 e. The van der Waals surface area contributed by atoms with Crippen LogP contribution in [0.15, 0.2) is 30.6 Å². The Morgan fingerprint density at radius 3 is 2.85 bits per heavy atom. The smallest absolute Gasteiger partial charge is 0.127 e. The van der Waals surface area contributed by atoms with Crippen LogP contribution in [-0.4, -0.2) is 9.55 Å². The lowest BCUT2D eigenvalue weighted by atomic mass is 10.1. The zero-order valence-electron chi connectivity index (χ0n) is 11.3. The molecule has 0 aliphatic carbocycles. The Balaban J connectivity index is 2.22. The van der Waals surface area contributed by atoms with Crippen molar-refractivity contribution in [1.82, 2.24) is 15.0 Å². The van der Waals surface area contributed by atoms with Gasteiger partial charge in [0.2, 0.25) is 0 Å². The van der Waals surface area contributed by atoms with Crippen molar-refractivity contribution in [2.45, 2.75) is 32.4 Å². The van der Waals surface area contributed by atoms with E-state index in [4.69, 9.17) is 29.0 Å². The predicted octanol–water partition coefficient (Wildman–Crippen LogP) is 3.35. The molecule has 0 aliphatic rings. The maximum absolute atomic E-state index is 6.21. The molecule has 0 aliphatic heterocycles. The van der Waals surface area contributed by atoms with Gasteiger partial charge in [-0.3, -0.25) is 5.84 Å². The molecule has 2 aromatic rings. The standard InChI is InChI=1S/C14H18Cl2N4/c1-2-6-20-7-5-18-14(20)13(19-17)8-10-3-4-11(15)9-12(10)16/h3-5,7,9,13,19H,2,6,8,17H2,1H3. The number of halogens is 2. The number of aromatic nitrogens is 2.